The van der Waals surface area contributed by atoms with Gasteiger partial charge in [0.15, 0.2) is 0 Å². The fraction of sp³-hybridized carbons (Fsp3) is 0.696. The molecule has 29 heavy (non-hydrogen) atoms. The normalized spacial score (nSPS) is 27.1. The van der Waals surface area contributed by atoms with Gasteiger partial charge >= 0.3 is 0 Å². The summed E-state index contributed by atoms with van der Waals surface area (Å²) in [6.45, 7) is 5.00. The highest BCUT2D eigenvalue weighted by atomic mass is 16.2. The number of carbonyl (C=O) groups excluding carboxylic acids is 2. The maximum Gasteiger partial charge on any atom is 0.255 e. The Bertz CT molecular complexity index is 795. The highest BCUT2D eigenvalue weighted by Crippen LogP contribution is 2.43. The van der Waals surface area contributed by atoms with Gasteiger partial charge in [0.2, 0.25) is 5.91 Å². The van der Waals surface area contributed by atoms with Gasteiger partial charge in [0.1, 0.15) is 0 Å². The van der Waals surface area contributed by atoms with Crippen molar-refractivity contribution in [3.8, 4) is 0 Å². The molecule has 6 heteroatoms. The molecular formula is C23H34N4O2. The lowest BCUT2D eigenvalue weighted by Crippen LogP contribution is -2.65. The minimum atomic E-state index is -0.358. The predicted octanol–water partition coefficient (Wildman–Crippen LogP) is 2.37. The van der Waals surface area contributed by atoms with E-state index in [1.165, 1.54) is 18.4 Å². The third-order valence-electron chi connectivity index (χ3n) is 7.48. The summed E-state index contributed by atoms with van der Waals surface area (Å²) in [4.78, 5) is 37.3. The summed E-state index contributed by atoms with van der Waals surface area (Å²) in [5, 5.41) is 0. The number of piperidine rings is 2. The molecular weight excluding hydrogens is 364 g/mol. The van der Waals surface area contributed by atoms with Crippen LogP contribution in [0, 0.1) is 5.41 Å². The van der Waals surface area contributed by atoms with Gasteiger partial charge in [-0.15, -0.1) is 0 Å². The molecule has 2 saturated heterocycles. The zero-order chi connectivity index (χ0) is 20.6. The van der Waals surface area contributed by atoms with Gasteiger partial charge in [-0.1, -0.05) is 0 Å². The van der Waals surface area contributed by atoms with Gasteiger partial charge in [0.25, 0.3) is 5.91 Å². The molecule has 158 valence electrons. The molecule has 2 atom stereocenters. The van der Waals surface area contributed by atoms with Crippen LogP contribution in [0.1, 0.15) is 60.6 Å². The van der Waals surface area contributed by atoms with Crippen molar-refractivity contribution < 1.29 is 9.59 Å². The number of amides is 2. The Morgan fingerprint density at radius 1 is 1.21 bits per heavy atom. The molecule has 0 saturated carbocycles. The van der Waals surface area contributed by atoms with Crippen LogP contribution in [0.4, 0.5) is 0 Å². The van der Waals surface area contributed by atoms with E-state index in [9.17, 15) is 9.59 Å². The Hall–Kier alpha value is -1.95. The van der Waals surface area contributed by atoms with Crippen molar-refractivity contribution in [2.45, 2.75) is 57.9 Å². The Labute approximate surface area is 174 Å². The van der Waals surface area contributed by atoms with E-state index >= 15 is 0 Å². The van der Waals surface area contributed by atoms with Crippen molar-refractivity contribution in [1.29, 1.82) is 0 Å². The largest absolute Gasteiger partial charge is 0.346 e. The van der Waals surface area contributed by atoms with Gasteiger partial charge in [0.05, 0.1) is 11.0 Å². The van der Waals surface area contributed by atoms with E-state index in [1.54, 1.807) is 6.20 Å². The summed E-state index contributed by atoms with van der Waals surface area (Å²) in [5.74, 6) is 0.314. The molecule has 3 heterocycles. The standard InChI is InChI=1S/C23H34N4O2/c1-4-25(2)22(29)23-10-7-12-26(3)20(23)16-27(13-11-23)21(28)18-14-17-8-5-6-9-19(17)24-15-18/h14-15,20H,4-13,16H2,1-3H3/t20-,23+/m0/s1. The third kappa shape index (κ3) is 3.56. The van der Waals surface area contributed by atoms with E-state index in [2.05, 4.69) is 23.0 Å². The van der Waals surface area contributed by atoms with Crippen LogP contribution in [0.2, 0.25) is 0 Å². The zero-order valence-corrected chi connectivity index (χ0v) is 18.1. The number of rotatable bonds is 3. The molecule has 4 rings (SSSR count). The average Bonchev–Trinajstić information content (AvgIpc) is 2.77. The van der Waals surface area contributed by atoms with Crippen molar-refractivity contribution in [3.63, 3.8) is 0 Å². The van der Waals surface area contributed by atoms with E-state index < -0.39 is 0 Å². The van der Waals surface area contributed by atoms with Crippen molar-refractivity contribution in [2.75, 3.05) is 40.3 Å². The predicted molar refractivity (Wildman–Crippen MR) is 113 cm³/mol. The monoisotopic (exact) mass is 398 g/mol. The molecule has 2 amide bonds. The molecule has 2 fully saturated rings. The lowest BCUT2D eigenvalue weighted by molar-refractivity contribution is -0.152. The summed E-state index contributed by atoms with van der Waals surface area (Å²) >= 11 is 0. The van der Waals surface area contributed by atoms with Crippen LogP contribution in [0.25, 0.3) is 0 Å². The molecule has 1 aromatic rings. The quantitative estimate of drug-likeness (QED) is 0.784. The average molecular weight is 399 g/mol. The first-order chi connectivity index (χ1) is 14.0. The molecule has 1 aromatic heterocycles. The minimum Gasteiger partial charge on any atom is -0.346 e. The molecule has 2 aliphatic heterocycles. The van der Waals surface area contributed by atoms with Gasteiger partial charge in [-0.25, -0.2) is 0 Å². The zero-order valence-electron chi connectivity index (χ0n) is 18.1. The third-order valence-corrected chi connectivity index (χ3v) is 7.48. The summed E-state index contributed by atoms with van der Waals surface area (Å²) in [7, 11) is 4.01. The molecule has 6 nitrogen and oxygen atoms in total. The maximum atomic E-state index is 13.3. The van der Waals surface area contributed by atoms with Crippen LogP contribution in [-0.2, 0) is 17.6 Å². The highest BCUT2D eigenvalue weighted by molar-refractivity contribution is 5.94. The first-order valence-electron chi connectivity index (χ1n) is 11.2. The van der Waals surface area contributed by atoms with Crippen LogP contribution in [0.15, 0.2) is 12.3 Å². The molecule has 0 radical (unpaired) electrons. The van der Waals surface area contributed by atoms with Crippen LogP contribution in [-0.4, -0.2) is 77.8 Å². The van der Waals surface area contributed by atoms with Crippen LogP contribution in [0.5, 0.6) is 0 Å². The number of likely N-dealkylation sites (N-methyl/N-ethyl adjacent to an activating group) is 1. The topological polar surface area (TPSA) is 56.8 Å². The lowest BCUT2D eigenvalue weighted by atomic mass is 9.67. The van der Waals surface area contributed by atoms with Crippen molar-refractivity contribution in [1.82, 2.24) is 19.7 Å². The fourth-order valence-corrected chi connectivity index (χ4v) is 5.58. The van der Waals surface area contributed by atoms with Crippen LogP contribution in [0.3, 0.4) is 0 Å². The molecule has 1 aliphatic carbocycles. The van der Waals surface area contributed by atoms with Crippen LogP contribution >= 0.6 is 0 Å². The second-order valence-electron chi connectivity index (χ2n) is 9.11. The summed E-state index contributed by atoms with van der Waals surface area (Å²) in [5.41, 5.74) is 2.74. The van der Waals surface area contributed by atoms with Gasteiger partial charge < -0.3 is 14.7 Å². The number of pyridine rings is 1. The summed E-state index contributed by atoms with van der Waals surface area (Å²) in [6, 6.07) is 2.15. The Balaban J connectivity index is 1.56. The minimum absolute atomic E-state index is 0.0646. The number of carbonyl (C=O) groups is 2. The molecule has 0 N–H and O–H groups in total. The molecule has 0 aromatic carbocycles. The van der Waals surface area contributed by atoms with E-state index in [-0.39, 0.29) is 23.3 Å². The van der Waals surface area contributed by atoms with E-state index in [4.69, 9.17) is 0 Å². The Morgan fingerprint density at radius 2 is 2.00 bits per heavy atom. The SMILES string of the molecule is CCN(C)C(=O)[C@@]12CCCN(C)[C@H]1CN(C(=O)c1cnc3c(c1)CCCC3)CC2. The Kier molecular flexibility index (Phi) is 5.65. The molecule has 3 aliphatic rings. The van der Waals surface area contributed by atoms with E-state index in [0.29, 0.717) is 18.7 Å². The Morgan fingerprint density at radius 3 is 2.79 bits per heavy atom. The van der Waals surface area contributed by atoms with Crippen molar-refractivity contribution >= 4 is 11.8 Å². The number of aromatic nitrogens is 1. The first kappa shape index (κ1) is 20.3. The van der Waals surface area contributed by atoms with E-state index in [1.807, 2.05) is 23.8 Å². The number of hydrogen-bond acceptors (Lipinski definition) is 4. The summed E-state index contributed by atoms with van der Waals surface area (Å²) in [6.07, 6.45) is 8.89. The molecule has 0 bridgehead atoms. The lowest BCUT2D eigenvalue weighted by Gasteiger charge is -2.54. The van der Waals surface area contributed by atoms with Gasteiger partial charge in [-0.05, 0) is 77.1 Å². The summed E-state index contributed by atoms with van der Waals surface area (Å²) < 4.78 is 0. The number of nitrogens with zero attached hydrogens (tertiary/aromatic N) is 4. The molecule has 0 unspecified atom stereocenters. The van der Waals surface area contributed by atoms with Crippen molar-refractivity contribution in [3.05, 3.63) is 29.1 Å². The van der Waals surface area contributed by atoms with Crippen LogP contribution < -0.4 is 0 Å². The second-order valence-corrected chi connectivity index (χ2v) is 9.11. The first-order valence-corrected chi connectivity index (χ1v) is 11.2. The number of fused-ring (bicyclic) bond motifs is 2. The smallest absolute Gasteiger partial charge is 0.255 e. The van der Waals surface area contributed by atoms with Gasteiger partial charge in [-0.2, -0.15) is 0 Å². The van der Waals surface area contributed by atoms with Crippen molar-refractivity contribution in [2.24, 2.45) is 5.41 Å². The van der Waals surface area contributed by atoms with Gasteiger partial charge in [0, 0.05) is 44.6 Å². The molecule has 0 spiro atoms. The number of likely N-dealkylation sites (tertiary alicyclic amines) is 2. The second kappa shape index (κ2) is 8.05. The van der Waals surface area contributed by atoms with Gasteiger partial charge in [-0.3, -0.25) is 14.6 Å². The maximum absolute atomic E-state index is 13.3. The fourth-order valence-electron chi connectivity index (χ4n) is 5.58. The number of hydrogen-bond donors (Lipinski definition) is 0. The number of aryl methyl sites for hydroxylation is 2. The van der Waals surface area contributed by atoms with E-state index in [0.717, 1.165) is 50.9 Å². The highest BCUT2D eigenvalue weighted by Gasteiger charge is 2.53.